The maximum atomic E-state index is 13.9. The number of rotatable bonds is 5. The van der Waals surface area contributed by atoms with Crippen LogP contribution in [0.1, 0.15) is 18.4 Å². The number of hydrogen-bond donors (Lipinski definition) is 0. The Morgan fingerprint density at radius 3 is 2.13 bits per heavy atom. The first kappa shape index (κ1) is 21.9. The molecule has 6 nitrogen and oxygen atoms in total. The fraction of sp³-hybridized carbons (Fsp3) is 0.435. The Morgan fingerprint density at radius 2 is 1.48 bits per heavy atom. The fourth-order valence-electron chi connectivity index (χ4n) is 4.35. The van der Waals surface area contributed by atoms with Crippen LogP contribution in [0.2, 0.25) is 0 Å². The van der Waals surface area contributed by atoms with Gasteiger partial charge in [-0.25, -0.2) is 12.8 Å². The van der Waals surface area contributed by atoms with Gasteiger partial charge in [-0.05, 0) is 44.1 Å². The van der Waals surface area contributed by atoms with Crippen LogP contribution in [0.5, 0.6) is 0 Å². The van der Waals surface area contributed by atoms with Crippen LogP contribution in [0.25, 0.3) is 0 Å². The SMILES string of the molecule is O=C(C1CCN(Cc2ccccc2F)CC1)N1CCN(S(=O)(=O)c2ccccc2)CC1. The second-order valence-electron chi connectivity index (χ2n) is 8.18. The molecule has 0 spiro atoms. The van der Waals surface area contributed by atoms with Gasteiger partial charge in [-0.15, -0.1) is 0 Å². The average molecular weight is 446 g/mol. The molecule has 0 N–H and O–H groups in total. The van der Waals surface area contributed by atoms with Crippen LogP contribution in [-0.2, 0) is 21.4 Å². The molecule has 8 heteroatoms. The molecule has 0 saturated carbocycles. The topological polar surface area (TPSA) is 60.9 Å². The van der Waals surface area contributed by atoms with Crippen molar-refractivity contribution < 1.29 is 17.6 Å². The van der Waals surface area contributed by atoms with Gasteiger partial charge in [0.05, 0.1) is 4.90 Å². The van der Waals surface area contributed by atoms with Gasteiger partial charge in [0.25, 0.3) is 0 Å². The highest BCUT2D eigenvalue weighted by Crippen LogP contribution is 2.24. The van der Waals surface area contributed by atoms with Gasteiger partial charge >= 0.3 is 0 Å². The molecule has 0 aromatic heterocycles. The van der Waals surface area contributed by atoms with Crippen molar-refractivity contribution in [3.8, 4) is 0 Å². The van der Waals surface area contributed by atoms with E-state index in [1.807, 2.05) is 6.07 Å². The molecule has 166 valence electrons. The third-order valence-electron chi connectivity index (χ3n) is 6.22. The van der Waals surface area contributed by atoms with Crippen molar-refractivity contribution in [1.29, 1.82) is 0 Å². The lowest BCUT2D eigenvalue weighted by molar-refractivity contribution is -0.138. The van der Waals surface area contributed by atoms with E-state index in [9.17, 15) is 17.6 Å². The molecule has 2 aliphatic rings. The van der Waals surface area contributed by atoms with Crippen LogP contribution in [0.15, 0.2) is 59.5 Å². The van der Waals surface area contributed by atoms with Crippen molar-refractivity contribution >= 4 is 15.9 Å². The largest absolute Gasteiger partial charge is 0.340 e. The number of halogens is 1. The first-order valence-electron chi connectivity index (χ1n) is 10.7. The van der Waals surface area contributed by atoms with Crippen molar-refractivity contribution in [2.75, 3.05) is 39.3 Å². The number of piperidine rings is 1. The lowest BCUT2D eigenvalue weighted by atomic mass is 9.94. The molecular formula is C23H28FN3O3S. The molecule has 0 bridgehead atoms. The quantitative estimate of drug-likeness (QED) is 0.710. The predicted octanol–water partition coefficient (Wildman–Crippen LogP) is 2.57. The summed E-state index contributed by atoms with van der Waals surface area (Å²) in [4.78, 5) is 17.3. The van der Waals surface area contributed by atoms with Gasteiger partial charge in [0.2, 0.25) is 15.9 Å². The van der Waals surface area contributed by atoms with Gasteiger partial charge in [-0.2, -0.15) is 4.31 Å². The molecule has 0 radical (unpaired) electrons. The van der Waals surface area contributed by atoms with Gasteiger partial charge < -0.3 is 4.90 Å². The van der Waals surface area contributed by atoms with E-state index in [4.69, 9.17) is 0 Å². The van der Waals surface area contributed by atoms with Crippen LogP contribution in [0, 0.1) is 11.7 Å². The van der Waals surface area contributed by atoms with E-state index >= 15 is 0 Å². The molecule has 2 heterocycles. The Labute approximate surface area is 183 Å². The highest BCUT2D eigenvalue weighted by Gasteiger charge is 2.33. The summed E-state index contributed by atoms with van der Waals surface area (Å²) in [6.45, 7) is 3.54. The zero-order valence-electron chi connectivity index (χ0n) is 17.5. The number of carbonyl (C=O) groups excluding carboxylic acids is 1. The van der Waals surface area contributed by atoms with E-state index in [0.717, 1.165) is 25.9 Å². The van der Waals surface area contributed by atoms with Crippen LogP contribution in [0.4, 0.5) is 4.39 Å². The van der Waals surface area contributed by atoms with Crippen molar-refractivity contribution in [3.05, 3.63) is 66.0 Å². The predicted molar refractivity (Wildman–Crippen MR) is 116 cm³/mol. The highest BCUT2D eigenvalue weighted by molar-refractivity contribution is 7.89. The van der Waals surface area contributed by atoms with Crippen molar-refractivity contribution in [3.63, 3.8) is 0 Å². The van der Waals surface area contributed by atoms with E-state index < -0.39 is 10.0 Å². The number of amides is 1. The monoisotopic (exact) mass is 445 g/mol. The minimum atomic E-state index is -3.52. The first-order valence-corrected chi connectivity index (χ1v) is 12.2. The Hall–Kier alpha value is -2.29. The van der Waals surface area contributed by atoms with Crippen molar-refractivity contribution in [2.45, 2.75) is 24.3 Å². The summed E-state index contributed by atoms with van der Waals surface area (Å²) in [5.74, 6) is -0.125. The molecule has 1 amide bonds. The summed E-state index contributed by atoms with van der Waals surface area (Å²) in [5.41, 5.74) is 0.683. The third kappa shape index (κ3) is 4.97. The lowest BCUT2D eigenvalue weighted by Gasteiger charge is -2.38. The summed E-state index contributed by atoms with van der Waals surface area (Å²) >= 11 is 0. The summed E-state index contributed by atoms with van der Waals surface area (Å²) in [6.07, 6.45) is 1.49. The molecule has 31 heavy (non-hydrogen) atoms. The second kappa shape index (κ2) is 9.46. The van der Waals surface area contributed by atoms with E-state index in [-0.39, 0.29) is 22.5 Å². The zero-order chi connectivity index (χ0) is 21.8. The Kier molecular flexibility index (Phi) is 6.69. The minimum absolute atomic E-state index is 0.0471. The summed E-state index contributed by atoms with van der Waals surface area (Å²) in [5, 5.41) is 0. The first-order chi connectivity index (χ1) is 14.9. The maximum absolute atomic E-state index is 13.9. The highest BCUT2D eigenvalue weighted by atomic mass is 32.2. The van der Waals surface area contributed by atoms with Crippen LogP contribution < -0.4 is 0 Å². The van der Waals surface area contributed by atoms with Gasteiger partial charge in [0, 0.05) is 44.2 Å². The molecule has 0 atom stereocenters. The molecule has 2 fully saturated rings. The summed E-state index contributed by atoms with van der Waals surface area (Å²) in [7, 11) is -3.52. The molecular weight excluding hydrogens is 417 g/mol. The van der Waals surface area contributed by atoms with Crippen LogP contribution in [-0.4, -0.2) is 67.7 Å². The third-order valence-corrected chi connectivity index (χ3v) is 8.13. The van der Waals surface area contributed by atoms with Crippen LogP contribution >= 0.6 is 0 Å². The number of carbonyl (C=O) groups is 1. The van der Waals surface area contributed by atoms with Crippen LogP contribution in [0.3, 0.4) is 0 Å². The Bertz CT molecular complexity index is 1000. The summed E-state index contributed by atoms with van der Waals surface area (Å²) in [6, 6.07) is 15.2. The molecule has 2 saturated heterocycles. The standard InChI is InChI=1S/C23H28FN3O3S/c24-22-9-5-4-6-20(22)18-25-12-10-19(11-13-25)23(28)26-14-16-27(17-15-26)31(29,30)21-7-2-1-3-8-21/h1-9,19H,10-18H2. The van der Waals surface area contributed by atoms with E-state index in [1.165, 1.54) is 10.4 Å². The van der Waals surface area contributed by atoms with E-state index in [1.54, 1.807) is 47.4 Å². The Balaban J connectivity index is 1.27. The normalized spacial score (nSPS) is 19.5. The summed E-state index contributed by atoms with van der Waals surface area (Å²) < 4.78 is 40.9. The number of sulfonamides is 1. The van der Waals surface area contributed by atoms with Gasteiger partial charge in [0.15, 0.2) is 0 Å². The molecule has 2 aromatic carbocycles. The smallest absolute Gasteiger partial charge is 0.243 e. The van der Waals surface area contributed by atoms with Gasteiger partial charge in [-0.3, -0.25) is 9.69 Å². The van der Waals surface area contributed by atoms with E-state index in [0.29, 0.717) is 38.3 Å². The van der Waals surface area contributed by atoms with Gasteiger partial charge in [-0.1, -0.05) is 36.4 Å². The van der Waals surface area contributed by atoms with E-state index in [2.05, 4.69) is 4.90 Å². The lowest BCUT2D eigenvalue weighted by Crippen LogP contribution is -2.52. The number of hydrogen-bond acceptors (Lipinski definition) is 4. The Morgan fingerprint density at radius 1 is 0.871 bits per heavy atom. The minimum Gasteiger partial charge on any atom is -0.340 e. The zero-order valence-corrected chi connectivity index (χ0v) is 18.3. The fourth-order valence-corrected chi connectivity index (χ4v) is 5.80. The van der Waals surface area contributed by atoms with Crippen molar-refractivity contribution in [2.24, 2.45) is 5.92 Å². The number of nitrogens with zero attached hydrogens (tertiary/aromatic N) is 3. The maximum Gasteiger partial charge on any atom is 0.243 e. The molecule has 0 unspecified atom stereocenters. The number of benzene rings is 2. The number of likely N-dealkylation sites (tertiary alicyclic amines) is 1. The molecule has 0 aliphatic carbocycles. The molecule has 4 rings (SSSR count). The average Bonchev–Trinajstić information content (AvgIpc) is 2.81. The second-order valence-corrected chi connectivity index (χ2v) is 10.1. The molecule has 2 aliphatic heterocycles. The van der Waals surface area contributed by atoms with Crippen molar-refractivity contribution in [1.82, 2.24) is 14.1 Å². The number of piperazine rings is 1. The van der Waals surface area contributed by atoms with Gasteiger partial charge in [0.1, 0.15) is 5.82 Å². The molecule has 2 aromatic rings.